The van der Waals surface area contributed by atoms with Crippen LogP contribution in [0.2, 0.25) is 0 Å². The van der Waals surface area contributed by atoms with Gasteiger partial charge in [0, 0.05) is 50.9 Å². The molecular weight excluding hydrogens is 444 g/mol. The number of hydrazine groups is 1. The molecule has 0 aromatic heterocycles. The zero-order valence-corrected chi connectivity index (χ0v) is 22.3. The highest BCUT2D eigenvalue weighted by atomic mass is 16.2. The van der Waals surface area contributed by atoms with Crippen molar-refractivity contribution in [3.05, 3.63) is 83.4 Å². The SMILES string of the molecule is C=CCN1CCN(C(c2ccc(C(=O)NN3CCCC3)cc2)c2cccc(CC)c2)CCC1CCC. The van der Waals surface area contributed by atoms with E-state index in [0.717, 1.165) is 64.1 Å². The lowest BCUT2D eigenvalue weighted by Gasteiger charge is -2.32. The van der Waals surface area contributed by atoms with Gasteiger partial charge in [0.05, 0.1) is 6.04 Å². The molecule has 36 heavy (non-hydrogen) atoms. The summed E-state index contributed by atoms with van der Waals surface area (Å²) in [6.45, 7) is 14.5. The number of benzene rings is 2. The Hall–Kier alpha value is -2.47. The molecule has 0 aliphatic carbocycles. The molecule has 4 rings (SSSR count). The Balaban J connectivity index is 1.59. The highest BCUT2D eigenvalue weighted by Crippen LogP contribution is 2.32. The van der Waals surface area contributed by atoms with Gasteiger partial charge in [0.25, 0.3) is 5.91 Å². The lowest BCUT2D eigenvalue weighted by Crippen LogP contribution is -2.40. The average molecular weight is 489 g/mol. The van der Waals surface area contributed by atoms with Crippen LogP contribution in [0.1, 0.15) is 79.0 Å². The summed E-state index contributed by atoms with van der Waals surface area (Å²) in [5.74, 6) is -0.00905. The number of amides is 1. The summed E-state index contributed by atoms with van der Waals surface area (Å²) in [5.41, 5.74) is 7.75. The first-order chi connectivity index (χ1) is 17.6. The van der Waals surface area contributed by atoms with E-state index >= 15 is 0 Å². The summed E-state index contributed by atoms with van der Waals surface area (Å²) in [4.78, 5) is 18.1. The second-order valence-corrected chi connectivity index (χ2v) is 10.3. The molecule has 0 spiro atoms. The largest absolute Gasteiger partial charge is 0.295 e. The second-order valence-electron chi connectivity index (χ2n) is 10.3. The Morgan fingerprint density at radius 2 is 1.81 bits per heavy atom. The molecule has 2 aromatic rings. The summed E-state index contributed by atoms with van der Waals surface area (Å²) in [7, 11) is 0. The normalized spacial score (nSPS) is 20.7. The van der Waals surface area contributed by atoms with Gasteiger partial charge in [0.15, 0.2) is 0 Å². The van der Waals surface area contributed by atoms with Crippen LogP contribution >= 0.6 is 0 Å². The Labute approximate surface area is 218 Å². The van der Waals surface area contributed by atoms with E-state index in [4.69, 9.17) is 0 Å². The number of hydrogen-bond donors (Lipinski definition) is 1. The molecule has 0 radical (unpaired) electrons. The highest BCUT2D eigenvalue weighted by Gasteiger charge is 2.29. The van der Waals surface area contributed by atoms with Crippen molar-refractivity contribution >= 4 is 5.91 Å². The molecule has 1 N–H and O–H groups in total. The van der Waals surface area contributed by atoms with Crippen molar-refractivity contribution in [3.8, 4) is 0 Å². The Kier molecular flexibility index (Phi) is 9.74. The monoisotopic (exact) mass is 488 g/mol. The van der Waals surface area contributed by atoms with Crippen LogP contribution in [-0.2, 0) is 6.42 Å². The van der Waals surface area contributed by atoms with Crippen molar-refractivity contribution < 1.29 is 4.79 Å². The number of carbonyl (C=O) groups excluding carboxylic acids is 1. The van der Waals surface area contributed by atoms with Crippen molar-refractivity contribution in [1.29, 1.82) is 0 Å². The fourth-order valence-electron chi connectivity index (χ4n) is 5.82. The van der Waals surface area contributed by atoms with Crippen LogP contribution in [0.4, 0.5) is 0 Å². The second kappa shape index (κ2) is 13.2. The molecule has 0 saturated carbocycles. The predicted molar refractivity (Wildman–Crippen MR) is 149 cm³/mol. The molecule has 2 aromatic carbocycles. The van der Waals surface area contributed by atoms with Crippen LogP contribution in [0, 0.1) is 0 Å². The molecule has 1 amide bonds. The summed E-state index contributed by atoms with van der Waals surface area (Å²) < 4.78 is 0. The molecule has 2 aliphatic rings. The fraction of sp³-hybridized carbons (Fsp3) is 0.516. The lowest BCUT2D eigenvalue weighted by molar-refractivity contribution is 0.0826. The molecule has 2 fully saturated rings. The quantitative estimate of drug-likeness (QED) is 0.452. The standard InChI is InChI=1S/C31H44N4O/c1-4-10-29-17-21-34(23-22-33(29)18-5-2)30(28-12-9-11-25(6-3)24-28)26-13-15-27(16-14-26)31(36)32-35-19-7-8-20-35/h5,9,11-16,24,29-30H,2,4,6-8,10,17-23H2,1,3H3,(H,32,36). The maximum Gasteiger partial charge on any atom is 0.265 e. The van der Waals surface area contributed by atoms with E-state index in [0.29, 0.717) is 6.04 Å². The summed E-state index contributed by atoms with van der Waals surface area (Å²) in [5, 5.41) is 2.04. The van der Waals surface area contributed by atoms with Gasteiger partial charge >= 0.3 is 0 Å². The molecule has 5 heteroatoms. The van der Waals surface area contributed by atoms with Crippen molar-refractivity contribution in [1.82, 2.24) is 20.2 Å². The maximum absolute atomic E-state index is 12.8. The van der Waals surface area contributed by atoms with Gasteiger partial charge < -0.3 is 0 Å². The van der Waals surface area contributed by atoms with Crippen LogP contribution in [0.5, 0.6) is 0 Å². The van der Waals surface area contributed by atoms with Gasteiger partial charge in [-0.2, -0.15) is 0 Å². The third-order valence-corrected chi connectivity index (χ3v) is 7.82. The molecule has 2 saturated heterocycles. The van der Waals surface area contributed by atoms with E-state index in [1.165, 1.54) is 36.0 Å². The van der Waals surface area contributed by atoms with Gasteiger partial charge in [-0.1, -0.05) is 62.7 Å². The number of nitrogens with zero attached hydrogens (tertiary/aromatic N) is 3. The van der Waals surface area contributed by atoms with Crippen molar-refractivity contribution in [2.45, 2.75) is 64.5 Å². The third-order valence-electron chi connectivity index (χ3n) is 7.82. The molecule has 2 atom stereocenters. The van der Waals surface area contributed by atoms with Gasteiger partial charge in [-0.05, 0) is 60.9 Å². The van der Waals surface area contributed by atoms with Crippen molar-refractivity contribution in [2.75, 3.05) is 39.3 Å². The zero-order valence-electron chi connectivity index (χ0n) is 22.3. The molecule has 2 heterocycles. The van der Waals surface area contributed by atoms with Crippen LogP contribution < -0.4 is 5.43 Å². The average Bonchev–Trinajstić information content (AvgIpc) is 3.34. The number of hydrogen-bond acceptors (Lipinski definition) is 4. The van der Waals surface area contributed by atoms with Crippen molar-refractivity contribution in [2.24, 2.45) is 0 Å². The molecule has 2 aliphatic heterocycles. The molecule has 0 bridgehead atoms. The van der Waals surface area contributed by atoms with E-state index in [2.05, 4.69) is 72.1 Å². The van der Waals surface area contributed by atoms with E-state index in [1.807, 2.05) is 23.2 Å². The third kappa shape index (κ3) is 6.64. The molecular formula is C31H44N4O. The zero-order chi connectivity index (χ0) is 25.3. The Morgan fingerprint density at radius 1 is 1.03 bits per heavy atom. The van der Waals surface area contributed by atoms with Gasteiger partial charge in [-0.25, -0.2) is 5.01 Å². The van der Waals surface area contributed by atoms with Crippen LogP contribution in [0.15, 0.2) is 61.2 Å². The topological polar surface area (TPSA) is 38.8 Å². The molecule has 194 valence electrons. The van der Waals surface area contributed by atoms with E-state index in [-0.39, 0.29) is 11.9 Å². The lowest BCUT2D eigenvalue weighted by atomic mass is 9.94. The van der Waals surface area contributed by atoms with Gasteiger partial charge in [0.1, 0.15) is 0 Å². The minimum absolute atomic E-state index is 0.00905. The van der Waals surface area contributed by atoms with Crippen LogP contribution in [0.3, 0.4) is 0 Å². The summed E-state index contributed by atoms with van der Waals surface area (Å²) in [6.07, 6.45) is 8.99. The highest BCUT2D eigenvalue weighted by molar-refractivity contribution is 5.93. The first-order valence-corrected chi connectivity index (χ1v) is 14.0. The van der Waals surface area contributed by atoms with Gasteiger partial charge in [-0.3, -0.25) is 20.0 Å². The first-order valence-electron chi connectivity index (χ1n) is 14.0. The summed E-state index contributed by atoms with van der Waals surface area (Å²) >= 11 is 0. The summed E-state index contributed by atoms with van der Waals surface area (Å²) in [6, 6.07) is 18.2. The van der Waals surface area contributed by atoms with Crippen LogP contribution in [0.25, 0.3) is 0 Å². The fourth-order valence-corrected chi connectivity index (χ4v) is 5.82. The van der Waals surface area contributed by atoms with E-state index in [1.54, 1.807) is 0 Å². The first kappa shape index (κ1) is 26.6. The van der Waals surface area contributed by atoms with Gasteiger partial charge in [-0.15, -0.1) is 6.58 Å². The van der Waals surface area contributed by atoms with Crippen LogP contribution in [-0.4, -0.2) is 66.0 Å². The minimum atomic E-state index is -0.00905. The smallest absolute Gasteiger partial charge is 0.265 e. The van der Waals surface area contributed by atoms with Gasteiger partial charge in [0.2, 0.25) is 0 Å². The van der Waals surface area contributed by atoms with Crippen molar-refractivity contribution in [3.63, 3.8) is 0 Å². The number of nitrogens with one attached hydrogen (secondary N) is 1. The maximum atomic E-state index is 12.8. The predicted octanol–water partition coefficient (Wildman–Crippen LogP) is 5.44. The molecule has 2 unspecified atom stereocenters. The van der Waals surface area contributed by atoms with E-state index < -0.39 is 0 Å². The molecule has 5 nitrogen and oxygen atoms in total. The number of rotatable bonds is 10. The number of aryl methyl sites for hydroxylation is 1. The number of carbonyl (C=O) groups is 1. The van der Waals surface area contributed by atoms with E-state index in [9.17, 15) is 4.79 Å². The minimum Gasteiger partial charge on any atom is -0.295 e. The Bertz CT molecular complexity index is 982. The Morgan fingerprint density at radius 3 is 2.50 bits per heavy atom.